The second-order valence-electron chi connectivity index (χ2n) is 5.25. The van der Waals surface area contributed by atoms with E-state index in [0.29, 0.717) is 12.8 Å². The fourth-order valence-electron chi connectivity index (χ4n) is 2.43. The lowest BCUT2D eigenvalue weighted by Gasteiger charge is -2.32. The van der Waals surface area contributed by atoms with Crippen molar-refractivity contribution in [2.45, 2.75) is 37.7 Å². The highest BCUT2D eigenvalue weighted by Gasteiger charge is 2.29. The molecule has 1 aliphatic rings. The largest absolute Gasteiger partial charge is 0.388 e. The van der Waals surface area contributed by atoms with Gasteiger partial charge in [0.1, 0.15) is 11.6 Å². The van der Waals surface area contributed by atoms with E-state index < -0.39 is 23.3 Å². The molecule has 0 atom stereocenters. The highest BCUT2D eigenvalue weighted by Crippen LogP contribution is 2.27. The van der Waals surface area contributed by atoms with Crippen LogP contribution in [0.1, 0.15) is 32.1 Å². The number of benzene rings is 1. The molecule has 1 aromatic carbocycles. The van der Waals surface area contributed by atoms with Crippen LogP contribution in [0.5, 0.6) is 0 Å². The lowest BCUT2D eigenvalue weighted by Crippen LogP contribution is -2.45. The first-order valence-corrected chi connectivity index (χ1v) is 6.70. The van der Waals surface area contributed by atoms with Crippen molar-refractivity contribution >= 4 is 11.7 Å². The van der Waals surface area contributed by atoms with Crippen LogP contribution >= 0.6 is 0 Å². The third kappa shape index (κ3) is 4.16. The van der Waals surface area contributed by atoms with Gasteiger partial charge in [0.25, 0.3) is 0 Å². The van der Waals surface area contributed by atoms with Gasteiger partial charge in [0.05, 0.1) is 5.60 Å². The number of carbonyl (C=O) groups is 1. The molecule has 0 aromatic heterocycles. The van der Waals surface area contributed by atoms with E-state index in [2.05, 4.69) is 10.6 Å². The van der Waals surface area contributed by atoms with E-state index in [4.69, 9.17) is 0 Å². The summed E-state index contributed by atoms with van der Waals surface area (Å²) in [5.74, 6) is -1.52. The first-order chi connectivity index (χ1) is 9.47. The van der Waals surface area contributed by atoms with Crippen molar-refractivity contribution in [1.82, 2.24) is 5.32 Å². The van der Waals surface area contributed by atoms with E-state index in [0.717, 1.165) is 37.5 Å². The molecule has 0 saturated heterocycles. The SMILES string of the molecule is O=C(NCC1(O)CCCCC1)Nc1cc(F)cc(F)c1. The molecule has 3 N–H and O–H groups in total. The number of hydrogen-bond acceptors (Lipinski definition) is 2. The monoisotopic (exact) mass is 284 g/mol. The third-order valence-corrected chi connectivity index (χ3v) is 3.48. The van der Waals surface area contributed by atoms with E-state index in [1.54, 1.807) is 0 Å². The number of halogens is 2. The Balaban J connectivity index is 1.86. The second-order valence-corrected chi connectivity index (χ2v) is 5.25. The summed E-state index contributed by atoms with van der Waals surface area (Å²) in [7, 11) is 0. The van der Waals surface area contributed by atoms with Gasteiger partial charge in [-0.05, 0) is 25.0 Å². The van der Waals surface area contributed by atoms with Gasteiger partial charge in [0, 0.05) is 18.3 Å². The maximum atomic E-state index is 13.0. The van der Waals surface area contributed by atoms with Gasteiger partial charge in [-0.25, -0.2) is 13.6 Å². The molecule has 1 fully saturated rings. The molecule has 1 aromatic rings. The molecule has 20 heavy (non-hydrogen) atoms. The van der Waals surface area contributed by atoms with Crippen LogP contribution in [0.25, 0.3) is 0 Å². The minimum absolute atomic E-state index is 0.0376. The van der Waals surface area contributed by atoms with Crippen molar-refractivity contribution in [3.63, 3.8) is 0 Å². The Labute approximate surface area is 116 Å². The van der Waals surface area contributed by atoms with Crippen LogP contribution in [0.2, 0.25) is 0 Å². The highest BCUT2D eigenvalue weighted by atomic mass is 19.1. The molecule has 6 heteroatoms. The zero-order valence-electron chi connectivity index (χ0n) is 11.1. The lowest BCUT2D eigenvalue weighted by molar-refractivity contribution is 0.00755. The Morgan fingerprint density at radius 1 is 1.15 bits per heavy atom. The van der Waals surface area contributed by atoms with E-state index in [9.17, 15) is 18.7 Å². The zero-order valence-corrected chi connectivity index (χ0v) is 11.1. The average molecular weight is 284 g/mol. The van der Waals surface area contributed by atoms with Gasteiger partial charge in [-0.1, -0.05) is 19.3 Å². The summed E-state index contributed by atoms with van der Waals surface area (Å²) in [5.41, 5.74) is -0.835. The predicted octanol–water partition coefficient (Wildman–Crippen LogP) is 2.78. The second kappa shape index (κ2) is 6.17. The minimum atomic E-state index is -0.872. The van der Waals surface area contributed by atoms with Gasteiger partial charge in [-0.2, -0.15) is 0 Å². The number of nitrogens with one attached hydrogen (secondary N) is 2. The maximum Gasteiger partial charge on any atom is 0.319 e. The van der Waals surface area contributed by atoms with E-state index >= 15 is 0 Å². The molecule has 0 unspecified atom stereocenters. The normalized spacial score (nSPS) is 17.6. The molecule has 110 valence electrons. The van der Waals surface area contributed by atoms with Crippen LogP contribution in [0.4, 0.5) is 19.3 Å². The summed E-state index contributed by atoms with van der Waals surface area (Å²) in [6.07, 6.45) is 4.28. The Hall–Kier alpha value is -1.69. The molecule has 0 radical (unpaired) electrons. The van der Waals surface area contributed by atoms with Crippen LogP contribution < -0.4 is 10.6 Å². The van der Waals surface area contributed by atoms with Gasteiger partial charge >= 0.3 is 6.03 Å². The summed E-state index contributed by atoms with van der Waals surface area (Å²) < 4.78 is 25.9. The first-order valence-electron chi connectivity index (χ1n) is 6.70. The minimum Gasteiger partial charge on any atom is -0.388 e. The molecule has 0 heterocycles. The van der Waals surface area contributed by atoms with Gasteiger partial charge in [-0.15, -0.1) is 0 Å². The van der Waals surface area contributed by atoms with Crippen molar-refractivity contribution in [1.29, 1.82) is 0 Å². The van der Waals surface area contributed by atoms with Crippen molar-refractivity contribution < 1.29 is 18.7 Å². The molecule has 1 saturated carbocycles. The van der Waals surface area contributed by atoms with E-state index in [1.165, 1.54) is 0 Å². The Bertz CT molecular complexity index is 468. The quantitative estimate of drug-likeness (QED) is 0.799. The first kappa shape index (κ1) is 14.7. The highest BCUT2D eigenvalue weighted by molar-refractivity contribution is 5.89. The molecular weight excluding hydrogens is 266 g/mol. The van der Waals surface area contributed by atoms with Crippen LogP contribution in [-0.4, -0.2) is 23.3 Å². The molecular formula is C14H18F2N2O2. The molecule has 2 amide bonds. The summed E-state index contributed by atoms with van der Waals surface area (Å²) in [4.78, 5) is 11.6. The van der Waals surface area contributed by atoms with E-state index in [1.807, 2.05) is 0 Å². The van der Waals surface area contributed by atoms with Gasteiger partial charge < -0.3 is 15.7 Å². The van der Waals surface area contributed by atoms with Crippen LogP contribution in [-0.2, 0) is 0 Å². The fraction of sp³-hybridized carbons (Fsp3) is 0.500. The Kier molecular flexibility index (Phi) is 4.54. The molecule has 0 bridgehead atoms. The smallest absolute Gasteiger partial charge is 0.319 e. The van der Waals surface area contributed by atoms with Crippen molar-refractivity contribution in [2.24, 2.45) is 0 Å². The summed E-state index contributed by atoms with van der Waals surface area (Å²) in [5, 5.41) is 15.1. The number of amides is 2. The van der Waals surface area contributed by atoms with Gasteiger partial charge in [0.2, 0.25) is 0 Å². The van der Waals surface area contributed by atoms with Crippen LogP contribution in [0.15, 0.2) is 18.2 Å². The number of carbonyl (C=O) groups excluding carboxylic acids is 1. The van der Waals surface area contributed by atoms with Crippen molar-refractivity contribution in [3.05, 3.63) is 29.8 Å². The van der Waals surface area contributed by atoms with Gasteiger partial charge in [0.15, 0.2) is 0 Å². The summed E-state index contributed by atoms with van der Waals surface area (Å²) in [6.45, 7) is 0.136. The summed E-state index contributed by atoms with van der Waals surface area (Å²) >= 11 is 0. The average Bonchev–Trinajstić information content (AvgIpc) is 2.36. The van der Waals surface area contributed by atoms with Crippen molar-refractivity contribution in [2.75, 3.05) is 11.9 Å². The maximum absolute atomic E-state index is 13.0. The zero-order chi connectivity index (χ0) is 14.6. The van der Waals surface area contributed by atoms with Crippen molar-refractivity contribution in [3.8, 4) is 0 Å². The third-order valence-electron chi connectivity index (χ3n) is 3.48. The number of anilines is 1. The molecule has 4 nitrogen and oxygen atoms in total. The molecule has 0 spiro atoms. The van der Waals surface area contributed by atoms with Gasteiger partial charge in [-0.3, -0.25) is 0 Å². The Morgan fingerprint density at radius 3 is 2.35 bits per heavy atom. The lowest BCUT2D eigenvalue weighted by atomic mass is 9.85. The number of hydrogen-bond donors (Lipinski definition) is 3. The topological polar surface area (TPSA) is 61.4 Å². The number of urea groups is 1. The number of aliphatic hydroxyl groups is 1. The van der Waals surface area contributed by atoms with Crippen LogP contribution in [0.3, 0.4) is 0 Å². The fourth-order valence-corrected chi connectivity index (χ4v) is 2.43. The molecule has 0 aliphatic heterocycles. The predicted molar refractivity (Wildman–Crippen MR) is 71.4 cm³/mol. The Morgan fingerprint density at radius 2 is 1.75 bits per heavy atom. The molecule has 2 rings (SSSR count). The van der Waals surface area contributed by atoms with E-state index in [-0.39, 0.29) is 12.2 Å². The standard InChI is InChI=1S/C14H18F2N2O2/c15-10-6-11(16)8-12(7-10)18-13(19)17-9-14(20)4-2-1-3-5-14/h6-8,20H,1-5,9H2,(H2,17,18,19). The molecule has 1 aliphatic carbocycles. The van der Waals surface area contributed by atoms with Crippen LogP contribution in [0, 0.1) is 11.6 Å². The summed E-state index contributed by atoms with van der Waals surface area (Å²) in [6, 6.07) is 2.19. The number of rotatable bonds is 3.